The number of ether oxygens (including phenoxy) is 2. The molecule has 0 saturated carbocycles. The molecular weight excluding hydrogens is 405 g/mol. The van der Waals surface area contributed by atoms with Crippen molar-refractivity contribution in [3.63, 3.8) is 0 Å². The molecule has 27 heavy (non-hydrogen) atoms. The summed E-state index contributed by atoms with van der Waals surface area (Å²) in [4.78, 5) is 13.0. The maximum atomic E-state index is 12.4. The molecule has 0 saturated heterocycles. The Kier molecular flexibility index (Phi) is 6.61. The van der Waals surface area contributed by atoms with Crippen LogP contribution in [0.25, 0.3) is 0 Å². The molecule has 0 atom stereocenters. The predicted molar refractivity (Wildman–Crippen MR) is 111 cm³/mol. The Morgan fingerprint density at radius 2 is 1.81 bits per heavy atom. The molecule has 140 valence electrons. The summed E-state index contributed by atoms with van der Waals surface area (Å²) in [6.45, 7) is 2.83. The van der Waals surface area contributed by atoms with Gasteiger partial charge in [-0.15, -0.1) is 11.3 Å². The molecule has 0 aliphatic carbocycles. The van der Waals surface area contributed by atoms with Crippen LogP contribution in [0.15, 0.2) is 53.9 Å². The number of carbonyl (C=O) groups excluding carboxylic acids is 1. The minimum absolute atomic E-state index is 0.231. The topological polar surface area (TPSA) is 47.6 Å². The fraction of sp³-hybridized carbons (Fsp3) is 0.150. The first-order chi connectivity index (χ1) is 13.1. The molecule has 7 heteroatoms. The van der Waals surface area contributed by atoms with Crippen molar-refractivity contribution in [3.8, 4) is 11.5 Å². The highest BCUT2D eigenvalue weighted by molar-refractivity contribution is 7.12. The number of carbonyl (C=O) groups is 1. The predicted octanol–water partition coefficient (Wildman–Crippen LogP) is 6.28. The van der Waals surface area contributed by atoms with Gasteiger partial charge in [-0.3, -0.25) is 4.79 Å². The van der Waals surface area contributed by atoms with E-state index in [1.54, 1.807) is 24.3 Å². The van der Waals surface area contributed by atoms with Crippen LogP contribution < -0.4 is 14.8 Å². The molecule has 0 fully saturated rings. The van der Waals surface area contributed by atoms with Crippen LogP contribution in [0.5, 0.6) is 11.5 Å². The second-order valence-corrected chi connectivity index (χ2v) is 7.32. The largest absolute Gasteiger partial charge is 0.490 e. The minimum atomic E-state index is -0.231. The van der Waals surface area contributed by atoms with Crippen molar-refractivity contribution in [2.75, 3.05) is 11.9 Å². The average Bonchev–Trinajstić information content (AvgIpc) is 3.13. The van der Waals surface area contributed by atoms with E-state index in [1.807, 2.05) is 36.6 Å². The summed E-state index contributed by atoms with van der Waals surface area (Å²) in [6, 6.07) is 14.2. The van der Waals surface area contributed by atoms with Crippen molar-refractivity contribution in [1.29, 1.82) is 0 Å². The van der Waals surface area contributed by atoms with Crippen LogP contribution in [-0.4, -0.2) is 12.5 Å². The number of anilines is 1. The number of benzene rings is 2. The molecule has 1 N–H and O–H groups in total. The van der Waals surface area contributed by atoms with E-state index in [0.29, 0.717) is 45.3 Å². The normalized spacial score (nSPS) is 10.5. The minimum Gasteiger partial charge on any atom is -0.490 e. The van der Waals surface area contributed by atoms with Gasteiger partial charge in [-0.05, 0) is 48.7 Å². The number of thiophene rings is 1. The number of nitrogens with one attached hydrogen (secondary N) is 1. The van der Waals surface area contributed by atoms with Gasteiger partial charge in [0.05, 0.1) is 22.2 Å². The third-order valence-electron chi connectivity index (χ3n) is 3.60. The highest BCUT2D eigenvalue weighted by Gasteiger charge is 2.12. The Balaban J connectivity index is 1.63. The van der Waals surface area contributed by atoms with Crippen molar-refractivity contribution >= 4 is 46.1 Å². The third-order valence-corrected chi connectivity index (χ3v) is 5.13. The van der Waals surface area contributed by atoms with Crippen LogP contribution in [-0.2, 0) is 6.61 Å². The maximum absolute atomic E-state index is 12.4. The van der Waals surface area contributed by atoms with Crippen LogP contribution in [0.1, 0.15) is 22.2 Å². The van der Waals surface area contributed by atoms with Gasteiger partial charge in [0.1, 0.15) is 6.61 Å². The quantitative estimate of drug-likeness (QED) is 0.487. The van der Waals surface area contributed by atoms with Gasteiger partial charge in [0.25, 0.3) is 5.91 Å². The molecule has 0 aliphatic rings. The number of hydrogen-bond donors (Lipinski definition) is 1. The average molecular weight is 422 g/mol. The van der Waals surface area contributed by atoms with Gasteiger partial charge in [-0.2, -0.15) is 0 Å². The molecular formula is C20H17Cl2NO3S. The molecule has 3 aromatic rings. The lowest BCUT2D eigenvalue weighted by Gasteiger charge is -2.10. The Morgan fingerprint density at radius 3 is 2.52 bits per heavy atom. The number of amides is 1. The van der Waals surface area contributed by atoms with Crippen molar-refractivity contribution in [3.05, 3.63) is 74.4 Å². The lowest BCUT2D eigenvalue weighted by molar-refractivity contribution is 0.103. The number of halogens is 2. The fourth-order valence-electron chi connectivity index (χ4n) is 2.35. The van der Waals surface area contributed by atoms with Crippen molar-refractivity contribution in [2.45, 2.75) is 13.5 Å². The first kappa shape index (κ1) is 19.5. The summed E-state index contributed by atoms with van der Waals surface area (Å²) in [5, 5.41) is 5.58. The lowest BCUT2D eigenvalue weighted by atomic mass is 10.3. The van der Waals surface area contributed by atoms with Crippen molar-refractivity contribution in [2.24, 2.45) is 0 Å². The molecule has 1 heterocycles. The fourth-order valence-corrected chi connectivity index (χ4v) is 3.60. The number of para-hydroxylation sites is 2. The molecule has 2 aromatic carbocycles. The molecule has 1 amide bonds. The van der Waals surface area contributed by atoms with E-state index < -0.39 is 0 Å². The van der Waals surface area contributed by atoms with Gasteiger partial charge in [0, 0.05) is 10.6 Å². The van der Waals surface area contributed by atoms with Crippen LogP contribution in [0, 0.1) is 0 Å². The Labute approximate surface area is 171 Å². The van der Waals surface area contributed by atoms with Gasteiger partial charge in [-0.25, -0.2) is 0 Å². The Bertz CT molecular complexity index is 942. The van der Waals surface area contributed by atoms with E-state index in [1.165, 1.54) is 11.3 Å². The zero-order chi connectivity index (χ0) is 19.2. The zero-order valence-electron chi connectivity index (χ0n) is 14.5. The first-order valence-corrected chi connectivity index (χ1v) is 9.89. The highest BCUT2D eigenvalue weighted by atomic mass is 35.5. The standard InChI is InChI=1S/C20H17Cl2NO3S/c1-2-25-17-5-3-4-6-18(17)26-11-13-9-19(27-12-13)20(24)23-16-8-7-14(21)10-15(16)22/h3-10,12H,2,11H2,1H3,(H,23,24). The molecule has 3 rings (SSSR count). The summed E-state index contributed by atoms with van der Waals surface area (Å²) in [6.07, 6.45) is 0. The smallest absolute Gasteiger partial charge is 0.265 e. The molecule has 0 spiro atoms. The third kappa shape index (κ3) is 5.16. The molecule has 0 radical (unpaired) electrons. The van der Waals surface area contributed by atoms with Crippen molar-refractivity contribution < 1.29 is 14.3 Å². The Hall–Kier alpha value is -2.21. The zero-order valence-corrected chi connectivity index (χ0v) is 16.8. The van der Waals surface area contributed by atoms with Gasteiger partial charge >= 0.3 is 0 Å². The molecule has 0 unspecified atom stereocenters. The first-order valence-electron chi connectivity index (χ1n) is 8.25. The van der Waals surface area contributed by atoms with Crippen LogP contribution in [0.3, 0.4) is 0 Å². The van der Waals surface area contributed by atoms with E-state index in [9.17, 15) is 4.79 Å². The second kappa shape index (κ2) is 9.13. The van der Waals surface area contributed by atoms with E-state index in [-0.39, 0.29) is 5.91 Å². The highest BCUT2D eigenvalue weighted by Crippen LogP contribution is 2.29. The summed E-state index contributed by atoms with van der Waals surface area (Å²) in [7, 11) is 0. The lowest BCUT2D eigenvalue weighted by Crippen LogP contribution is -2.10. The van der Waals surface area contributed by atoms with E-state index in [0.717, 1.165) is 5.56 Å². The Morgan fingerprint density at radius 1 is 1.07 bits per heavy atom. The van der Waals surface area contributed by atoms with E-state index >= 15 is 0 Å². The van der Waals surface area contributed by atoms with Gasteiger partial charge in [0.15, 0.2) is 11.5 Å². The summed E-state index contributed by atoms with van der Waals surface area (Å²) in [5.41, 5.74) is 1.42. The van der Waals surface area contributed by atoms with Gasteiger partial charge in [-0.1, -0.05) is 35.3 Å². The summed E-state index contributed by atoms with van der Waals surface area (Å²) >= 11 is 13.3. The van der Waals surface area contributed by atoms with Crippen LogP contribution in [0.2, 0.25) is 10.0 Å². The van der Waals surface area contributed by atoms with Crippen molar-refractivity contribution in [1.82, 2.24) is 0 Å². The van der Waals surface area contributed by atoms with E-state index in [4.69, 9.17) is 32.7 Å². The maximum Gasteiger partial charge on any atom is 0.265 e. The SMILES string of the molecule is CCOc1ccccc1OCc1csc(C(=O)Nc2ccc(Cl)cc2Cl)c1. The van der Waals surface area contributed by atoms with Gasteiger partial charge in [0.2, 0.25) is 0 Å². The number of rotatable bonds is 7. The second-order valence-electron chi connectivity index (χ2n) is 5.57. The van der Waals surface area contributed by atoms with Gasteiger partial charge < -0.3 is 14.8 Å². The molecule has 1 aromatic heterocycles. The summed E-state index contributed by atoms with van der Waals surface area (Å²) < 4.78 is 11.4. The molecule has 0 bridgehead atoms. The summed E-state index contributed by atoms with van der Waals surface area (Å²) in [5.74, 6) is 1.14. The van der Waals surface area contributed by atoms with Crippen LogP contribution in [0.4, 0.5) is 5.69 Å². The monoisotopic (exact) mass is 421 g/mol. The van der Waals surface area contributed by atoms with E-state index in [2.05, 4.69) is 5.32 Å². The van der Waals surface area contributed by atoms with Crippen LogP contribution >= 0.6 is 34.5 Å². The molecule has 0 aliphatic heterocycles. The molecule has 4 nitrogen and oxygen atoms in total. The number of hydrogen-bond acceptors (Lipinski definition) is 4.